The molecule has 1 amide bonds. The standard InChI is InChI=1S/C10H16N2O/c1-3-7-12(2)10(13)9-5-4-6-11-8-9/h1,9,11H,4-8H2,2H3. The van der Waals surface area contributed by atoms with Gasteiger partial charge < -0.3 is 10.2 Å². The number of piperidine rings is 1. The Balaban J connectivity index is 2.41. The summed E-state index contributed by atoms with van der Waals surface area (Å²) >= 11 is 0. The SMILES string of the molecule is C#CCN(C)C(=O)C1CCCNC1. The Morgan fingerprint density at radius 3 is 3.08 bits per heavy atom. The average Bonchev–Trinajstić information content (AvgIpc) is 2.18. The summed E-state index contributed by atoms with van der Waals surface area (Å²) in [5.41, 5.74) is 0. The first-order valence-corrected chi connectivity index (χ1v) is 4.65. The van der Waals surface area contributed by atoms with Crippen LogP contribution in [0.5, 0.6) is 0 Å². The summed E-state index contributed by atoms with van der Waals surface area (Å²) in [5.74, 6) is 2.78. The molecule has 0 aliphatic carbocycles. The van der Waals surface area contributed by atoms with Crippen LogP contribution in [0.1, 0.15) is 12.8 Å². The van der Waals surface area contributed by atoms with Crippen molar-refractivity contribution < 1.29 is 4.79 Å². The molecule has 3 nitrogen and oxygen atoms in total. The summed E-state index contributed by atoms with van der Waals surface area (Å²) in [6.45, 7) is 2.24. The maximum Gasteiger partial charge on any atom is 0.227 e. The first-order valence-electron chi connectivity index (χ1n) is 4.65. The Hall–Kier alpha value is -1.01. The average molecular weight is 180 g/mol. The minimum atomic E-state index is 0.132. The van der Waals surface area contributed by atoms with Gasteiger partial charge in [-0.3, -0.25) is 4.79 Å². The van der Waals surface area contributed by atoms with E-state index < -0.39 is 0 Å². The van der Waals surface area contributed by atoms with E-state index in [0.29, 0.717) is 6.54 Å². The fraction of sp³-hybridized carbons (Fsp3) is 0.700. The second-order valence-corrected chi connectivity index (χ2v) is 3.44. The van der Waals surface area contributed by atoms with Gasteiger partial charge >= 0.3 is 0 Å². The van der Waals surface area contributed by atoms with Crippen LogP contribution in [-0.4, -0.2) is 37.5 Å². The van der Waals surface area contributed by atoms with E-state index in [2.05, 4.69) is 11.2 Å². The van der Waals surface area contributed by atoms with Gasteiger partial charge in [-0.2, -0.15) is 0 Å². The molecule has 0 radical (unpaired) electrons. The molecule has 1 aliphatic heterocycles. The van der Waals surface area contributed by atoms with Crippen molar-refractivity contribution in [1.82, 2.24) is 10.2 Å². The molecule has 72 valence electrons. The maximum atomic E-state index is 11.7. The number of nitrogens with zero attached hydrogens (tertiary/aromatic N) is 1. The number of terminal acetylenes is 1. The molecule has 1 atom stereocenters. The smallest absolute Gasteiger partial charge is 0.227 e. The van der Waals surface area contributed by atoms with Crippen LogP contribution >= 0.6 is 0 Å². The lowest BCUT2D eigenvalue weighted by molar-refractivity contribution is -0.134. The number of hydrogen-bond donors (Lipinski definition) is 1. The van der Waals surface area contributed by atoms with Crippen molar-refractivity contribution in [3.8, 4) is 12.3 Å². The number of nitrogens with one attached hydrogen (secondary N) is 1. The van der Waals surface area contributed by atoms with Gasteiger partial charge in [0.15, 0.2) is 0 Å². The molecular weight excluding hydrogens is 164 g/mol. The number of hydrogen-bond acceptors (Lipinski definition) is 2. The molecule has 1 fully saturated rings. The Bertz CT molecular complexity index is 213. The molecule has 1 heterocycles. The van der Waals surface area contributed by atoms with Crippen molar-refractivity contribution in [2.24, 2.45) is 5.92 Å². The Morgan fingerprint density at radius 2 is 2.54 bits per heavy atom. The Morgan fingerprint density at radius 1 is 1.77 bits per heavy atom. The highest BCUT2D eigenvalue weighted by Crippen LogP contribution is 2.12. The summed E-state index contributed by atoms with van der Waals surface area (Å²) in [5, 5.41) is 3.21. The Labute approximate surface area is 79.5 Å². The van der Waals surface area contributed by atoms with Crippen molar-refractivity contribution in [2.75, 3.05) is 26.7 Å². The van der Waals surface area contributed by atoms with Crippen molar-refractivity contribution in [3.63, 3.8) is 0 Å². The zero-order valence-electron chi connectivity index (χ0n) is 8.05. The van der Waals surface area contributed by atoms with Gasteiger partial charge in [-0.1, -0.05) is 5.92 Å². The summed E-state index contributed by atoms with van der Waals surface area (Å²) in [6, 6.07) is 0. The fourth-order valence-corrected chi connectivity index (χ4v) is 1.59. The van der Waals surface area contributed by atoms with Gasteiger partial charge in [0.25, 0.3) is 0 Å². The number of rotatable bonds is 2. The van der Waals surface area contributed by atoms with E-state index in [0.717, 1.165) is 25.9 Å². The molecule has 0 spiro atoms. The van der Waals surface area contributed by atoms with E-state index >= 15 is 0 Å². The molecule has 13 heavy (non-hydrogen) atoms. The van der Waals surface area contributed by atoms with E-state index in [1.807, 2.05) is 0 Å². The Kier molecular flexibility index (Phi) is 3.78. The van der Waals surface area contributed by atoms with Crippen LogP contribution < -0.4 is 5.32 Å². The summed E-state index contributed by atoms with van der Waals surface area (Å²) in [7, 11) is 1.76. The maximum absolute atomic E-state index is 11.7. The molecule has 3 heteroatoms. The van der Waals surface area contributed by atoms with Crippen LogP contribution in [0.25, 0.3) is 0 Å². The van der Waals surface area contributed by atoms with Crippen molar-refractivity contribution in [1.29, 1.82) is 0 Å². The topological polar surface area (TPSA) is 32.3 Å². The van der Waals surface area contributed by atoms with Crippen LogP contribution in [0, 0.1) is 18.3 Å². The van der Waals surface area contributed by atoms with E-state index in [-0.39, 0.29) is 11.8 Å². The molecule has 1 rings (SSSR count). The highest BCUT2D eigenvalue weighted by atomic mass is 16.2. The molecule has 0 saturated carbocycles. The highest BCUT2D eigenvalue weighted by molar-refractivity contribution is 5.79. The predicted molar refractivity (Wildman–Crippen MR) is 52.1 cm³/mol. The molecule has 0 aromatic heterocycles. The lowest BCUT2D eigenvalue weighted by atomic mass is 9.98. The largest absolute Gasteiger partial charge is 0.334 e. The first kappa shape index (κ1) is 10.1. The van der Waals surface area contributed by atoms with Crippen LogP contribution in [0.15, 0.2) is 0 Å². The second-order valence-electron chi connectivity index (χ2n) is 3.44. The lowest BCUT2D eigenvalue weighted by Gasteiger charge is -2.25. The molecule has 1 saturated heterocycles. The molecular formula is C10H16N2O. The zero-order chi connectivity index (χ0) is 9.68. The van der Waals surface area contributed by atoms with Gasteiger partial charge in [-0.25, -0.2) is 0 Å². The monoisotopic (exact) mass is 180 g/mol. The minimum Gasteiger partial charge on any atom is -0.334 e. The van der Waals surface area contributed by atoms with Gasteiger partial charge in [0.2, 0.25) is 5.91 Å². The van der Waals surface area contributed by atoms with Crippen molar-refractivity contribution >= 4 is 5.91 Å². The third kappa shape index (κ3) is 2.74. The molecule has 0 aromatic rings. The fourth-order valence-electron chi connectivity index (χ4n) is 1.59. The van der Waals surface area contributed by atoms with E-state index in [4.69, 9.17) is 6.42 Å². The van der Waals surface area contributed by atoms with Gasteiger partial charge in [0, 0.05) is 13.6 Å². The van der Waals surface area contributed by atoms with Crippen LogP contribution in [0.2, 0.25) is 0 Å². The van der Waals surface area contributed by atoms with Gasteiger partial charge in [-0.05, 0) is 19.4 Å². The number of amides is 1. The number of carbonyl (C=O) groups is 1. The molecule has 1 aliphatic rings. The predicted octanol–water partition coefficient (Wildman–Crippen LogP) is 0.0776. The summed E-state index contributed by atoms with van der Waals surface area (Å²) < 4.78 is 0. The molecule has 1 unspecified atom stereocenters. The normalized spacial score (nSPS) is 22.0. The zero-order valence-corrected chi connectivity index (χ0v) is 8.05. The quantitative estimate of drug-likeness (QED) is 0.610. The summed E-state index contributed by atoms with van der Waals surface area (Å²) in [6.07, 6.45) is 7.21. The summed E-state index contributed by atoms with van der Waals surface area (Å²) in [4.78, 5) is 13.3. The molecule has 1 N–H and O–H groups in total. The highest BCUT2D eigenvalue weighted by Gasteiger charge is 2.23. The molecule has 0 bridgehead atoms. The third-order valence-electron chi connectivity index (χ3n) is 2.35. The minimum absolute atomic E-state index is 0.132. The molecule has 0 aromatic carbocycles. The van der Waals surface area contributed by atoms with Crippen molar-refractivity contribution in [3.05, 3.63) is 0 Å². The van der Waals surface area contributed by atoms with Crippen LogP contribution in [0.4, 0.5) is 0 Å². The van der Waals surface area contributed by atoms with Gasteiger partial charge in [0.05, 0.1) is 12.5 Å². The van der Waals surface area contributed by atoms with Gasteiger partial charge in [-0.15, -0.1) is 6.42 Å². The van der Waals surface area contributed by atoms with E-state index in [1.54, 1.807) is 11.9 Å². The van der Waals surface area contributed by atoms with E-state index in [9.17, 15) is 4.79 Å². The van der Waals surface area contributed by atoms with Crippen molar-refractivity contribution in [2.45, 2.75) is 12.8 Å². The van der Waals surface area contributed by atoms with Crippen LogP contribution in [-0.2, 0) is 4.79 Å². The number of carbonyl (C=O) groups excluding carboxylic acids is 1. The van der Waals surface area contributed by atoms with Crippen LogP contribution in [0.3, 0.4) is 0 Å². The first-order chi connectivity index (χ1) is 6.25. The third-order valence-corrected chi connectivity index (χ3v) is 2.35. The lowest BCUT2D eigenvalue weighted by Crippen LogP contribution is -2.41. The second kappa shape index (κ2) is 4.88. The van der Waals surface area contributed by atoms with Gasteiger partial charge in [0.1, 0.15) is 0 Å². The van der Waals surface area contributed by atoms with E-state index in [1.165, 1.54) is 0 Å².